The number of nitro benzene ring substituents is 1. The van der Waals surface area contributed by atoms with Crippen LogP contribution in [0.3, 0.4) is 0 Å². The van der Waals surface area contributed by atoms with Crippen molar-refractivity contribution in [3.05, 3.63) is 34.4 Å². The van der Waals surface area contributed by atoms with E-state index in [1.807, 2.05) is 7.05 Å². The third-order valence-electron chi connectivity index (χ3n) is 1.87. The summed E-state index contributed by atoms with van der Waals surface area (Å²) in [6.07, 6.45) is 0.874. The molecule has 15 heavy (non-hydrogen) atoms. The van der Waals surface area contributed by atoms with Gasteiger partial charge in [0.2, 0.25) is 0 Å². The molecule has 0 amide bonds. The van der Waals surface area contributed by atoms with Crippen LogP contribution in [0.1, 0.15) is 6.42 Å². The Morgan fingerprint density at radius 1 is 1.53 bits per heavy atom. The monoisotopic (exact) mass is 210 g/mol. The van der Waals surface area contributed by atoms with Crippen LogP contribution in [0.2, 0.25) is 0 Å². The Bertz CT molecular complexity index is 328. The summed E-state index contributed by atoms with van der Waals surface area (Å²) in [6, 6.07) is 6.21. The van der Waals surface area contributed by atoms with E-state index in [1.54, 1.807) is 12.1 Å². The molecule has 0 saturated carbocycles. The predicted octanol–water partition coefficient (Wildman–Crippen LogP) is 1.58. The van der Waals surface area contributed by atoms with E-state index in [-0.39, 0.29) is 5.69 Å². The van der Waals surface area contributed by atoms with Gasteiger partial charge in [-0.05, 0) is 26.1 Å². The molecule has 1 aromatic carbocycles. The number of nitro groups is 1. The van der Waals surface area contributed by atoms with Crippen LogP contribution < -0.4 is 10.1 Å². The number of rotatable bonds is 6. The van der Waals surface area contributed by atoms with Crippen LogP contribution in [0.25, 0.3) is 0 Å². The Morgan fingerprint density at radius 3 is 3.00 bits per heavy atom. The van der Waals surface area contributed by atoms with Crippen molar-refractivity contribution in [3.8, 4) is 5.75 Å². The van der Waals surface area contributed by atoms with Crippen LogP contribution in [0.5, 0.6) is 5.75 Å². The summed E-state index contributed by atoms with van der Waals surface area (Å²) in [4.78, 5) is 10.0. The Morgan fingerprint density at radius 2 is 2.33 bits per heavy atom. The van der Waals surface area contributed by atoms with E-state index in [0.717, 1.165) is 13.0 Å². The summed E-state index contributed by atoms with van der Waals surface area (Å²) in [7, 11) is 1.87. The van der Waals surface area contributed by atoms with Gasteiger partial charge in [0.1, 0.15) is 5.75 Å². The molecule has 0 aliphatic heterocycles. The number of hydrogen-bond donors (Lipinski definition) is 1. The number of nitrogens with one attached hydrogen (secondary N) is 1. The molecule has 82 valence electrons. The quantitative estimate of drug-likeness (QED) is 0.440. The standard InChI is InChI=1S/C10H14N2O3/c1-11-6-3-7-15-10-5-2-4-9(8-10)12(13)14/h2,4-5,8,11H,3,6-7H2,1H3. The second-order valence-electron chi connectivity index (χ2n) is 3.06. The molecule has 0 spiro atoms. The number of ether oxygens (including phenoxy) is 1. The van der Waals surface area contributed by atoms with E-state index in [4.69, 9.17) is 4.74 Å². The highest BCUT2D eigenvalue weighted by atomic mass is 16.6. The zero-order valence-electron chi connectivity index (χ0n) is 8.60. The van der Waals surface area contributed by atoms with Crippen LogP contribution in [-0.2, 0) is 0 Å². The molecule has 0 heterocycles. The van der Waals surface area contributed by atoms with Crippen molar-refractivity contribution in [2.75, 3.05) is 20.2 Å². The first-order valence-electron chi connectivity index (χ1n) is 4.76. The molecule has 5 heteroatoms. The Hall–Kier alpha value is -1.62. The lowest BCUT2D eigenvalue weighted by atomic mass is 10.3. The van der Waals surface area contributed by atoms with Crippen molar-refractivity contribution < 1.29 is 9.66 Å². The lowest BCUT2D eigenvalue weighted by Crippen LogP contribution is -2.11. The maximum absolute atomic E-state index is 10.5. The first-order chi connectivity index (χ1) is 7.24. The Labute approximate surface area is 88.2 Å². The average Bonchev–Trinajstić information content (AvgIpc) is 2.25. The molecule has 1 rings (SSSR count). The zero-order valence-corrected chi connectivity index (χ0v) is 8.60. The predicted molar refractivity (Wildman–Crippen MR) is 57.1 cm³/mol. The van der Waals surface area contributed by atoms with Crippen molar-refractivity contribution in [2.24, 2.45) is 0 Å². The van der Waals surface area contributed by atoms with E-state index < -0.39 is 4.92 Å². The van der Waals surface area contributed by atoms with E-state index in [9.17, 15) is 10.1 Å². The fourth-order valence-corrected chi connectivity index (χ4v) is 1.13. The summed E-state index contributed by atoms with van der Waals surface area (Å²) in [5.74, 6) is 0.542. The average molecular weight is 210 g/mol. The lowest BCUT2D eigenvalue weighted by Gasteiger charge is -2.05. The largest absolute Gasteiger partial charge is 0.493 e. The zero-order chi connectivity index (χ0) is 11.1. The van der Waals surface area contributed by atoms with Crippen molar-refractivity contribution in [1.82, 2.24) is 5.32 Å². The third-order valence-corrected chi connectivity index (χ3v) is 1.87. The minimum absolute atomic E-state index is 0.0566. The van der Waals surface area contributed by atoms with Crippen LogP contribution in [0, 0.1) is 10.1 Å². The number of nitrogens with zero attached hydrogens (tertiary/aromatic N) is 1. The molecule has 0 aliphatic carbocycles. The first-order valence-corrected chi connectivity index (χ1v) is 4.76. The minimum atomic E-state index is -0.430. The minimum Gasteiger partial charge on any atom is -0.493 e. The van der Waals surface area contributed by atoms with Crippen molar-refractivity contribution in [1.29, 1.82) is 0 Å². The fourth-order valence-electron chi connectivity index (χ4n) is 1.13. The molecule has 0 bridgehead atoms. The van der Waals surface area contributed by atoms with Gasteiger partial charge in [0.25, 0.3) is 5.69 Å². The molecule has 0 aliphatic rings. The molecule has 0 radical (unpaired) electrons. The van der Waals surface area contributed by atoms with Crippen LogP contribution in [-0.4, -0.2) is 25.1 Å². The normalized spacial score (nSPS) is 9.93. The van der Waals surface area contributed by atoms with Gasteiger partial charge in [-0.3, -0.25) is 10.1 Å². The summed E-state index contributed by atoms with van der Waals surface area (Å²) < 4.78 is 5.35. The fraction of sp³-hybridized carbons (Fsp3) is 0.400. The first kappa shape index (κ1) is 11.5. The van der Waals surface area contributed by atoms with E-state index in [1.165, 1.54) is 12.1 Å². The third kappa shape index (κ3) is 3.95. The summed E-state index contributed by atoms with van der Waals surface area (Å²) in [5.41, 5.74) is 0.0566. The highest BCUT2D eigenvalue weighted by molar-refractivity contribution is 5.37. The van der Waals surface area contributed by atoms with Crippen molar-refractivity contribution in [2.45, 2.75) is 6.42 Å². The van der Waals surface area contributed by atoms with Crippen molar-refractivity contribution in [3.63, 3.8) is 0 Å². The van der Waals surface area contributed by atoms with E-state index in [2.05, 4.69) is 5.32 Å². The van der Waals surface area contributed by atoms with E-state index in [0.29, 0.717) is 12.4 Å². The van der Waals surface area contributed by atoms with Gasteiger partial charge in [0, 0.05) is 6.07 Å². The van der Waals surface area contributed by atoms with Crippen LogP contribution >= 0.6 is 0 Å². The Kier molecular flexibility index (Phi) is 4.56. The molecular formula is C10H14N2O3. The van der Waals surface area contributed by atoms with Gasteiger partial charge in [0.15, 0.2) is 0 Å². The molecule has 0 saturated heterocycles. The summed E-state index contributed by atoms with van der Waals surface area (Å²) in [6.45, 7) is 1.43. The maximum Gasteiger partial charge on any atom is 0.273 e. The molecule has 0 aromatic heterocycles. The summed E-state index contributed by atoms with van der Waals surface area (Å²) in [5, 5.41) is 13.5. The van der Waals surface area contributed by atoms with Gasteiger partial charge < -0.3 is 10.1 Å². The molecule has 1 N–H and O–H groups in total. The molecular weight excluding hydrogens is 196 g/mol. The number of non-ortho nitro benzene ring substituents is 1. The number of hydrogen-bond acceptors (Lipinski definition) is 4. The van der Waals surface area contributed by atoms with Gasteiger partial charge in [-0.2, -0.15) is 0 Å². The molecule has 0 fully saturated rings. The van der Waals surface area contributed by atoms with Crippen LogP contribution in [0.4, 0.5) is 5.69 Å². The van der Waals surface area contributed by atoms with Crippen LogP contribution in [0.15, 0.2) is 24.3 Å². The van der Waals surface area contributed by atoms with Gasteiger partial charge in [-0.25, -0.2) is 0 Å². The van der Waals surface area contributed by atoms with Gasteiger partial charge in [-0.1, -0.05) is 6.07 Å². The smallest absolute Gasteiger partial charge is 0.273 e. The molecule has 5 nitrogen and oxygen atoms in total. The maximum atomic E-state index is 10.5. The SMILES string of the molecule is CNCCCOc1cccc([N+](=O)[O-])c1. The van der Waals surface area contributed by atoms with Gasteiger partial charge >= 0.3 is 0 Å². The number of benzene rings is 1. The Balaban J connectivity index is 2.47. The second-order valence-corrected chi connectivity index (χ2v) is 3.06. The lowest BCUT2D eigenvalue weighted by molar-refractivity contribution is -0.384. The van der Waals surface area contributed by atoms with Gasteiger partial charge in [0.05, 0.1) is 17.6 Å². The topological polar surface area (TPSA) is 64.4 Å². The van der Waals surface area contributed by atoms with E-state index >= 15 is 0 Å². The highest BCUT2D eigenvalue weighted by Gasteiger charge is 2.05. The summed E-state index contributed by atoms with van der Waals surface area (Å²) >= 11 is 0. The molecule has 0 atom stereocenters. The van der Waals surface area contributed by atoms with Crippen molar-refractivity contribution >= 4 is 5.69 Å². The second kappa shape index (κ2) is 5.98. The molecule has 0 unspecified atom stereocenters. The van der Waals surface area contributed by atoms with Gasteiger partial charge in [-0.15, -0.1) is 0 Å². The highest BCUT2D eigenvalue weighted by Crippen LogP contribution is 2.18. The molecule has 1 aromatic rings.